The van der Waals surface area contributed by atoms with E-state index in [9.17, 15) is 0 Å². The molecule has 1 aliphatic rings. The van der Waals surface area contributed by atoms with E-state index in [1.807, 2.05) is 49.8 Å². The molecule has 0 saturated carbocycles. The van der Waals surface area contributed by atoms with E-state index in [2.05, 4.69) is 33.0 Å². The molecule has 1 aromatic carbocycles. The maximum absolute atomic E-state index is 4.78. The van der Waals surface area contributed by atoms with Gasteiger partial charge < -0.3 is 5.32 Å². The van der Waals surface area contributed by atoms with E-state index in [4.69, 9.17) is 4.99 Å². The van der Waals surface area contributed by atoms with Crippen LogP contribution >= 0.6 is 12.4 Å². The van der Waals surface area contributed by atoms with Crippen molar-refractivity contribution in [1.82, 2.24) is 15.7 Å². The Hall–Kier alpha value is -2.24. The van der Waals surface area contributed by atoms with Gasteiger partial charge in [0.05, 0.1) is 18.2 Å². The third kappa shape index (κ3) is 5.11. The van der Waals surface area contributed by atoms with Crippen LogP contribution in [0.1, 0.15) is 24.0 Å². The first-order valence-electron chi connectivity index (χ1n) is 8.35. The molecule has 0 fully saturated rings. The highest BCUT2D eigenvalue weighted by atomic mass is 35.5. The third-order valence-corrected chi connectivity index (χ3v) is 4.12. The van der Waals surface area contributed by atoms with Gasteiger partial charge in [-0.3, -0.25) is 15.4 Å². The Morgan fingerprint density at radius 3 is 2.60 bits per heavy atom. The Morgan fingerprint density at radius 1 is 1.12 bits per heavy atom. The van der Waals surface area contributed by atoms with Crippen LogP contribution in [0.4, 0.5) is 0 Å². The number of hydrazone groups is 1. The second kappa shape index (κ2) is 9.91. The number of aliphatic imine (C=N–C) groups is 1. The lowest BCUT2D eigenvalue weighted by Crippen LogP contribution is -2.25. The lowest BCUT2D eigenvalue weighted by atomic mass is 9.92. The van der Waals surface area contributed by atoms with Gasteiger partial charge in [-0.15, -0.1) is 12.4 Å². The van der Waals surface area contributed by atoms with E-state index in [-0.39, 0.29) is 18.3 Å². The number of benzene rings is 1. The molecule has 2 aromatic rings. The van der Waals surface area contributed by atoms with Gasteiger partial charge >= 0.3 is 0 Å². The second-order valence-electron chi connectivity index (χ2n) is 5.83. The van der Waals surface area contributed by atoms with Crippen LogP contribution in [-0.4, -0.2) is 30.1 Å². The number of rotatable bonds is 7. The van der Waals surface area contributed by atoms with Gasteiger partial charge in [0.25, 0.3) is 0 Å². The first-order chi connectivity index (χ1) is 11.9. The van der Waals surface area contributed by atoms with E-state index >= 15 is 0 Å². The van der Waals surface area contributed by atoms with Gasteiger partial charge in [0.15, 0.2) is 0 Å². The highest BCUT2D eigenvalue weighted by molar-refractivity contribution is 6.17. The zero-order valence-electron chi connectivity index (χ0n) is 14.4. The standard InChI is InChI=1S/C19H23N5.ClH/c1-20-11-5-8-17-18(16-9-12-21-13-10-16)23-24-19(17)22-14-15-6-3-2-4-7-15;/h2-4,6-7,9-10,12-13,17,20H,5,8,11,14H2,1H3,(H,22,24);1H. The SMILES string of the molecule is CNCCCC1C(=NCc2ccccc2)NN=C1c1ccncc1.Cl. The predicted molar refractivity (Wildman–Crippen MR) is 105 cm³/mol. The lowest BCUT2D eigenvalue weighted by Gasteiger charge is -2.13. The molecular weight excluding hydrogens is 334 g/mol. The Bertz CT molecular complexity index is 700. The van der Waals surface area contributed by atoms with Gasteiger partial charge in [-0.1, -0.05) is 30.3 Å². The molecule has 1 aromatic heterocycles. The average molecular weight is 358 g/mol. The Balaban J connectivity index is 0.00000225. The summed E-state index contributed by atoms with van der Waals surface area (Å²) < 4.78 is 0. The molecule has 0 bridgehead atoms. The summed E-state index contributed by atoms with van der Waals surface area (Å²) >= 11 is 0. The minimum Gasteiger partial charge on any atom is -0.320 e. The molecule has 5 nitrogen and oxygen atoms in total. The summed E-state index contributed by atoms with van der Waals surface area (Å²) in [4.78, 5) is 8.88. The molecule has 3 rings (SSSR count). The van der Waals surface area contributed by atoms with E-state index in [1.165, 1.54) is 5.56 Å². The van der Waals surface area contributed by atoms with E-state index in [0.717, 1.165) is 36.5 Å². The maximum Gasteiger partial charge on any atom is 0.126 e. The fourth-order valence-corrected chi connectivity index (χ4v) is 2.85. The van der Waals surface area contributed by atoms with Crippen molar-refractivity contribution in [2.24, 2.45) is 16.0 Å². The van der Waals surface area contributed by atoms with Crippen molar-refractivity contribution in [3.63, 3.8) is 0 Å². The second-order valence-corrected chi connectivity index (χ2v) is 5.83. The number of hydrogen-bond acceptors (Lipinski definition) is 4. The van der Waals surface area contributed by atoms with Crippen LogP contribution in [0.3, 0.4) is 0 Å². The summed E-state index contributed by atoms with van der Waals surface area (Å²) in [5.74, 6) is 1.17. The summed E-state index contributed by atoms with van der Waals surface area (Å²) in [5, 5.41) is 7.76. The van der Waals surface area contributed by atoms with Crippen LogP contribution in [-0.2, 0) is 6.54 Å². The monoisotopic (exact) mass is 357 g/mol. The molecule has 0 aliphatic carbocycles. The molecule has 0 saturated heterocycles. The quantitative estimate of drug-likeness (QED) is 0.749. The maximum atomic E-state index is 4.78. The van der Waals surface area contributed by atoms with Crippen LogP contribution in [0.2, 0.25) is 0 Å². The zero-order chi connectivity index (χ0) is 16.6. The normalized spacial score (nSPS) is 17.7. The van der Waals surface area contributed by atoms with Crippen LogP contribution in [0.5, 0.6) is 0 Å². The van der Waals surface area contributed by atoms with Crippen LogP contribution in [0.15, 0.2) is 65.0 Å². The first kappa shape index (κ1) is 19.1. The van der Waals surface area contributed by atoms with E-state index in [0.29, 0.717) is 6.54 Å². The average Bonchev–Trinajstić information content (AvgIpc) is 3.05. The number of pyridine rings is 1. The molecule has 2 heterocycles. The minimum absolute atomic E-state index is 0. The molecule has 0 spiro atoms. The Morgan fingerprint density at radius 2 is 1.88 bits per heavy atom. The van der Waals surface area contributed by atoms with Crippen molar-refractivity contribution in [3.05, 3.63) is 66.0 Å². The topological polar surface area (TPSA) is 61.7 Å². The highest BCUT2D eigenvalue weighted by Crippen LogP contribution is 2.21. The predicted octanol–water partition coefficient (Wildman–Crippen LogP) is 3.03. The lowest BCUT2D eigenvalue weighted by molar-refractivity contribution is 0.654. The molecule has 2 N–H and O–H groups in total. The molecule has 0 amide bonds. The molecule has 0 radical (unpaired) electrons. The first-order valence-corrected chi connectivity index (χ1v) is 8.35. The third-order valence-electron chi connectivity index (χ3n) is 4.12. The molecular formula is C19H24ClN5. The van der Waals surface area contributed by atoms with Gasteiger partial charge in [-0.25, -0.2) is 0 Å². The number of halogens is 1. The minimum atomic E-state index is 0. The van der Waals surface area contributed by atoms with E-state index < -0.39 is 0 Å². The number of nitrogens with zero attached hydrogens (tertiary/aromatic N) is 3. The van der Waals surface area contributed by atoms with Gasteiger partial charge in [0, 0.05) is 18.0 Å². The molecule has 1 unspecified atom stereocenters. The number of nitrogens with one attached hydrogen (secondary N) is 2. The van der Waals surface area contributed by atoms with E-state index in [1.54, 1.807) is 0 Å². The molecule has 1 aliphatic heterocycles. The highest BCUT2D eigenvalue weighted by Gasteiger charge is 2.28. The summed E-state index contributed by atoms with van der Waals surface area (Å²) in [6, 6.07) is 14.3. The van der Waals surface area contributed by atoms with Gasteiger partial charge in [-0.05, 0) is 44.1 Å². The van der Waals surface area contributed by atoms with Gasteiger partial charge in [0.1, 0.15) is 5.84 Å². The van der Waals surface area contributed by atoms with Crippen molar-refractivity contribution < 1.29 is 0 Å². The zero-order valence-corrected chi connectivity index (χ0v) is 15.2. The van der Waals surface area contributed by atoms with Crippen molar-refractivity contribution in [1.29, 1.82) is 0 Å². The fourth-order valence-electron chi connectivity index (χ4n) is 2.85. The number of aromatic nitrogens is 1. The summed E-state index contributed by atoms with van der Waals surface area (Å²) in [7, 11) is 1.98. The number of amidine groups is 1. The fraction of sp³-hybridized carbons (Fsp3) is 0.316. The van der Waals surface area contributed by atoms with Crippen LogP contribution in [0.25, 0.3) is 0 Å². The molecule has 6 heteroatoms. The van der Waals surface area contributed by atoms with Crippen molar-refractivity contribution >= 4 is 24.0 Å². The molecule has 25 heavy (non-hydrogen) atoms. The van der Waals surface area contributed by atoms with Crippen molar-refractivity contribution in [2.75, 3.05) is 13.6 Å². The van der Waals surface area contributed by atoms with Crippen LogP contribution in [0, 0.1) is 5.92 Å². The van der Waals surface area contributed by atoms with Crippen molar-refractivity contribution in [3.8, 4) is 0 Å². The largest absolute Gasteiger partial charge is 0.320 e. The number of hydrogen-bond donors (Lipinski definition) is 2. The van der Waals surface area contributed by atoms with Gasteiger partial charge in [-0.2, -0.15) is 5.10 Å². The molecule has 132 valence electrons. The summed E-state index contributed by atoms with van der Waals surface area (Å²) in [6.45, 7) is 1.66. The smallest absolute Gasteiger partial charge is 0.126 e. The Kier molecular flexibility index (Phi) is 7.57. The van der Waals surface area contributed by atoms with Gasteiger partial charge in [0.2, 0.25) is 0 Å². The van der Waals surface area contributed by atoms with Crippen LogP contribution < -0.4 is 10.7 Å². The summed E-state index contributed by atoms with van der Waals surface area (Å²) in [5.41, 5.74) is 6.52. The van der Waals surface area contributed by atoms with Crippen molar-refractivity contribution in [2.45, 2.75) is 19.4 Å². The Labute approximate surface area is 155 Å². The summed E-state index contributed by atoms with van der Waals surface area (Å²) in [6.07, 6.45) is 5.71. The molecule has 1 atom stereocenters.